The van der Waals surface area contributed by atoms with Crippen molar-refractivity contribution in [3.63, 3.8) is 0 Å². The highest BCUT2D eigenvalue weighted by molar-refractivity contribution is 6.05. The highest BCUT2D eigenvalue weighted by atomic mass is 14.2. The summed E-state index contributed by atoms with van der Waals surface area (Å²) in [6.07, 6.45) is 13.0. The molecule has 0 N–H and O–H groups in total. The van der Waals surface area contributed by atoms with E-state index >= 15 is 0 Å². The smallest absolute Gasteiger partial charge is 0.0143 e. The molecule has 0 heterocycles. The van der Waals surface area contributed by atoms with Gasteiger partial charge in [-0.3, -0.25) is 0 Å². The van der Waals surface area contributed by atoms with Gasteiger partial charge in [0.1, 0.15) is 0 Å². The van der Waals surface area contributed by atoms with E-state index in [-0.39, 0.29) is 0 Å². The summed E-state index contributed by atoms with van der Waals surface area (Å²) in [5, 5.41) is 6.02. The standard InChI is InChI=1S/C30H42/c1-5-9-15-23(7-3)21-29-25-17-11-13-19-27(25)30(22-24(8-4)16-10-6-2)28-20-14-12-18-26(28)29/h11-14,17-20,23-24H,5-10,15-16,21-22H2,1-4H3. The number of hydrogen-bond acceptors (Lipinski definition) is 0. The lowest BCUT2D eigenvalue weighted by molar-refractivity contribution is 0.450. The summed E-state index contributed by atoms with van der Waals surface area (Å²) in [6, 6.07) is 18.5. The second-order valence-corrected chi connectivity index (χ2v) is 9.29. The van der Waals surface area contributed by atoms with E-state index in [1.54, 1.807) is 11.1 Å². The van der Waals surface area contributed by atoms with Gasteiger partial charge in [0, 0.05) is 0 Å². The summed E-state index contributed by atoms with van der Waals surface area (Å²) in [5.74, 6) is 1.58. The van der Waals surface area contributed by atoms with Gasteiger partial charge in [-0.2, -0.15) is 0 Å². The number of fused-ring (bicyclic) bond motifs is 2. The first-order chi connectivity index (χ1) is 14.7. The number of unbranched alkanes of at least 4 members (excludes halogenated alkanes) is 2. The highest BCUT2D eigenvalue weighted by Gasteiger charge is 2.18. The minimum absolute atomic E-state index is 0.788. The van der Waals surface area contributed by atoms with Crippen LogP contribution in [0.15, 0.2) is 48.5 Å². The molecule has 3 aromatic rings. The van der Waals surface area contributed by atoms with Gasteiger partial charge in [0.15, 0.2) is 0 Å². The Kier molecular flexibility index (Phi) is 8.79. The van der Waals surface area contributed by atoms with Crippen molar-refractivity contribution >= 4 is 21.5 Å². The average Bonchev–Trinajstić information content (AvgIpc) is 2.80. The van der Waals surface area contributed by atoms with Crippen LogP contribution in [-0.2, 0) is 12.8 Å². The molecule has 162 valence electrons. The maximum absolute atomic E-state index is 2.39. The molecule has 0 aliphatic heterocycles. The van der Waals surface area contributed by atoms with Crippen LogP contribution in [0.1, 0.15) is 90.2 Å². The molecule has 30 heavy (non-hydrogen) atoms. The molecule has 0 bridgehead atoms. The van der Waals surface area contributed by atoms with Gasteiger partial charge < -0.3 is 0 Å². The van der Waals surface area contributed by atoms with Gasteiger partial charge in [0.05, 0.1) is 0 Å². The van der Waals surface area contributed by atoms with Gasteiger partial charge >= 0.3 is 0 Å². The second-order valence-electron chi connectivity index (χ2n) is 9.29. The van der Waals surface area contributed by atoms with E-state index in [0.29, 0.717) is 0 Å². The highest BCUT2D eigenvalue weighted by Crippen LogP contribution is 2.37. The van der Waals surface area contributed by atoms with E-state index < -0.39 is 0 Å². The summed E-state index contributed by atoms with van der Waals surface area (Å²) in [7, 11) is 0. The Bertz CT molecular complexity index is 787. The Morgan fingerprint density at radius 2 is 0.867 bits per heavy atom. The summed E-state index contributed by atoms with van der Waals surface area (Å²) in [5.41, 5.74) is 3.18. The van der Waals surface area contributed by atoms with Gasteiger partial charge in [0.25, 0.3) is 0 Å². The van der Waals surface area contributed by atoms with Crippen LogP contribution in [0.2, 0.25) is 0 Å². The van der Waals surface area contributed by atoms with E-state index in [4.69, 9.17) is 0 Å². The van der Waals surface area contributed by atoms with E-state index in [9.17, 15) is 0 Å². The van der Waals surface area contributed by atoms with Crippen molar-refractivity contribution in [1.82, 2.24) is 0 Å². The van der Waals surface area contributed by atoms with Crippen LogP contribution >= 0.6 is 0 Å². The molecule has 0 amide bonds. The Morgan fingerprint density at radius 1 is 0.533 bits per heavy atom. The molecule has 2 atom stereocenters. The molecule has 0 heteroatoms. The van der Waals surface area contributed by atoms with Crippen molar-refractivity contribution in [3.8, 4) is 0 Å². The first kappa shape index (κ1) is 22.9. The van der Waals surface area contributed by atoms with Crippen LogP contribution in [-0.4, -0.2) is 0 Å². The third-order valence-electron chi connectivity index (χ3n) is 7.23. The fraction of sp³-hybridized carbons (Fsp3) is 0.533. The first-order valence-corrected chi connectivity index (χ1v) is 12.6. The molecular formula is C30H42. The lowest BCUT2D eigenvalue weighted by Crippen LogP contribution is -2.08. The van der Waals surface area contributed by atoms with Crippen molar-refractivity contribution in [3.05, 3.63) is 59.7 Å². The zero-order valence-electron chi connectivity index (χ0n) is 19.8. The summed E-state index contributed by atoms with van der Waals surface area (Å²) in [4.78, 5) is 0. The molecule has 0 radical (unpaired) electrons. The summed E-state index contributed by atoms with van der Waals surface area (Å²) >= 11 is 0. The molecule has 0 nitrogen and oxygen atoms in total. The molecule has 0 aromatic heterocycles. The molecule has 3 aromatic carbocycles. The largest absolute Gasteiger partial charge is 0.0654 e. The summed E-state index contributed by atoms with van der Waals surface area (Å²) < 4.78 is 0. The lowest BCUT2D eigenvalue weighted by atomic mass is 9.82. The Balaban J connectivity index is 2.12. The topological polar surface area (TPSA) is 0 Å². The van der Waals surface area contributed by atoms with Crippen molar-refractivity contribution < 1.29 is 0 Å². The van der Waals surface area contributed by atoms with Crippen LogP contribution in [0.3, 0.4) is 0 Å². The van der Waals surface area contributed by atoms with Crippen molar-refractivity contribution in [1.29, 1.82) is 0 Å². The minimum Gasteiger partial charge on any atom is -0.0654 e. The lowest BCUT2D eigenvalue weighted by Gasteiger charge is -2.23. The summed E-state index contributed by atoms with van der Waals surface area (Å²) in [6.45, 7) is 9.38. The Labute approximate surface area is 185 Å². The molecule has 2 unspecified atom stereocenters. The third kappa shape index (κ3) is 5.26. The molecule has 0 aliphatic rings. The predicted molar refractivity (Wildman–Crippen MR) is 135 cm³/mol. The van der Waals surface area contributed by atoms with Crippen LogP contribution in [0.5, 0.6) is 0 Å². The molecule has 0 fully saturated rings. The zero-order chi connectivity index (χ0) is 21.3. The van der Waals surface area contributed by atoms with Gasteiger partial charge in [-0.1, -0.05) is 128 Å². The van der Waals surface area contributed by atoms with Gasteiger partial charge in [-0.05, 0) is 57.3 Å². The molecule has 0 saturated heterocycles. The average molecular weight is 403 g/mol. The molecular weight excluding hydrogens is 360 g/mol. The Hall–Kier alpha value is -1.82. The maximum atomic E-state index is 2.39. The fourth-order valence-electron chi connectivity index (χ4n) is 5.21. The SMILES string of the molecule is CCCCC(CC)Cc1c2ccccc2c(CC(CC)CCCC)c2ccccc12. The van der Waals surface area contributed by atoms with Crippen molar-refractivity contribution in [2.24, 2.45) is 11.8 Å². The maximum Gasteiger partial charge on any atom is -0.0143 e. The molecule has 0 aliphatic carbocycles. The van der Waals surface area contributed by atoms with Crippen molar-refractivity contribution in [2.75, 3.05) is 0 Å². The van der Waals surface area contributed by atoms with Crippen LogP contribution in [0, 0.1) is 11.8 Å². The monoisotopic (exact) mass is 402 g/mol. The molecule has 0 saturated carbocycles. The van der Waals surface area contributed by atoms with Gasteiger partial charge in [-0.25, -0.2) is 0 Å². The van der Waals surface area contributed by atoms with Crippen LogP contribution in [0.25, 0.3) is 21.5 Å². The van der Waals surface area contributed by atoms with E-state index in [1.807, 2.05) is 0 Å². The third-order valence-corrected chi connectivity index (χ3v) is 7.23. The van der Waals surface area contributed by atoms with Crippen LogP contribution < -0.4 is 0 Å². The molecule has 0 spiro atoms. The number of rotatable bonds is 12. The van der Waals surface area contributed by atoms with Gasteiger partial charge in [-0.15, -0.1) is 0 Å². The quantitative estimate of drug-likeness (QED) is 0.264. The Morgan fingerprint density at radius 3 is 1.13 bits per heavy atom. The minimum atomic E-state index is 0.788. The number of hydrogen-bond donors (Lipinski definition) is 0. The predicted octanol–water partition coefficient (Wildman–Crippen LogP) is 9.51. The van der Waals surface area contributed by atoms with E-state index in [2.05, 4.69) is 76.2 Å². The van der Waals surface area contributed by atoms with E-state index in [1.165, 1.54) is 85.8 Å². The number of benzene rings is 3. The fourth-order valence-corrected chi connectivity index (χ4v) is 5.21. The first-order valence-electron chi connectivity index (χ1n) is 12.6. The van der Waals surface area contributed by atoms with Crippen molar-refractivity contribution in [2.45, 2.75) is 91.9 Å². The normalized spacial score (nSPS) is 13.7. The second kappa shape index (κ2) is 11.5. The van der Waals surface area contributed by atoms with Crippen LogP contribution in [0.4, 0.5) is 0 Å². The molecule has 3 rings (SSSR count). The zero-order valence-corrected chi connectivity index (χ0v) is 19.8. The van der Waals surface area contributed by atoms with E-state index in [0.717, 1.165) is 11.8 Å². The van der Waals surface area contributed by atoms with Gasteiger partial charge in [0.2, 0.25) is 0 Å².